The lowest BCUT2D eigenvalue weighted by molar-refractivity contribution is -0.136. The minimum absolute atomic E-state index is 0.142. The van der Waals surface area contributed by atoms with Crippen molar-refractivity contribution in [3.63, 3.8) is 0 Å². The number of hydrogen-bond acceptors (Lipinski definition) is 3. The Morgan fingerprint density at radius 3 is 2.75 bits per heavy atom. The van der Waals surface area contributed by atoms with Gasteiger partial charge in [0, 0.05) is 10.3 Å². The molecule has 0 unspecified atom stereocenters. The molecule has 0 saturated heterocycles. The molecule has 0 saturated carbocycles. The molecule has 1 aromatic carbocycles. The van der Waals surface area contributed by atoms with Gasteiger partial charge in [0.15, 0.2) is 0 Å². The fourth-order valence-corrected chi connectivity index (χ4v) is 2.00. The molecule has 0 atom stereocenters. The van der Waals surface area contributed by atoms with Crippen molar-refractivity contribution in [1.29, 1.82) is 0 Å². The lowest BCUT2D eigenvalue weighted by Crippen LogP contribution is -2.05. The largest absolute Gasteiger partial charge is 0.418 e. The molecule has 2 aromatic rings. The van der Waals surface area contributed by atoms with Crippen LogP contribution in [0.15, 0.2) is 23.3 Å². The standard InChI is InChI=1S/C8H3F3N4S/c9-8(10,11)5-3-1-2-4-6(5)14-16-7(4)13-15-12/h1-3H. The van der Waals surface area contributed by atoms with Crippen LogP contribution in [0.4, 0.5) is 18.2 Å². The number of benzene rings is 1. The molecular formula is C8H3F3N4S. The molecule has 8 heteroatoms. The molecule has 0 aliphatic carbocycles. The number of hydrogen-bond donors (Lipinski definition) is 0. The van der Waals surface area contributed by atoms with Gasteiger partial charge in [0.05, 0.1) is 11.1 Å². The molecular weight excluding hydrogens is 241 g/mol. The van der Waals surface area contributed by atoms with Gasteiger partial charge < -0.3 is 0 Å². The van der Waals surface area contributed by atoms with Gasteiger partial charge in [-0.05, 0) is 28.2 Å². The summed E-state index contributed by atoms with van der Waals surface area (Å²) in [6, 6.07) is 3.65. The molecule has 0 spiro atoms. The second-order valence-corrected chi connectivity index (χ2v) is 3.63. The molecule has 0 bridgehead atoms. The Kier molecular flexibility index (Phi) is 2.45. The number of aromatic nitrogens is 1. The Balaban J connectivity index is 2.76. The van der Waals surface area contributed by atoms with E-state index in [0.29, 0.717) is 0 Å². The third-order valence-electron chi connectivity index (χ3n) is 1.93. The summed E-state index contributed by atoms with van der Waals surface area (Å²) in [6.45, 7) is 0. The van der Waals surface area contributed by atoms with Gasteiger partial charge in [-0.2, -0.15) is 17.5 Å². The highest BCUT2D eigenvalue weighted by Crippen LogP contribution is 2.39. The van der Waals surface area contributed by atoms with Crippen molar-refractivity contribution in [2.24, 2.45) is 5.11 Å². The van der Waals surface area contributed by atoms with Gasteiger partial charge >= 0.3 is 6.18 Å². The van der Waals surface area contributed by atoms with Crippen molar-refractivity contribution >= 4 is 27.4 Å². The number of alkyl halides is 3. The van der Waals surface area contributed by atoms with E-state index in [4.69, 9.17) is 5.53 Å². The lowest BCUT2D eigenvalue weighted by atomic mass is 10.1. The van der Waals surface area contributed by atoms with Crippen molar-refractivity contribution in [1.82, 2.24) is 4.37 Å². The third kappa shape index (κ3) is 1.68. The summed E-state index contributed by atoms with van der Waals surface area (Å²) in [6.07, 6.45) is -4.46. The van der Waals surface area contributed by atoms with E-state index in [0.717, 1.165) is 17.6 Å². The van der Waals surface area contributed by atoms with Crippen LogP contribution >= 0.6 is 11.5 Å². The first-order valence-corrected chi connectivity index (χ1v) is 4.82. The first kappa shape index (κ1) is 10.7. The van der Waals surface area contributed by atoms with Crippen LogP contribution in [0.2, 0.25) is 0 Å². The second-order valence-electron chi connectivity index (χ2n) is 2.88. The highest BCUT2D eigenvalue weighted by Gasteiger charge is 2.33. The van der Waals surface area contributed by atoms with Crippen LogP contribution < -0.4 is 0 Å². The van der Waals surface area contributed by atoms with Crippen LogP contribution in [0.25, 0.3) is 21.3 Å². The SMILES string of the molecule is [N-]=[N+]=Nc1snc2c(C(F)(F)F)cccc12. The topological polar surface area (TPSA) is 61.7 Å². The van der Waals surface area contributed by atoms with Crippen molar-refractivity contribution < 1.29 is 13.2 Å². The van der Waals surface area contributed by atoms with Gasteiger partial charge in [-0.1, -0.05) is 12.1 Å². The van der Waals surface area contributed by atoms with Crippen LogP contribution in [0.5, 0.6) is 0 Å². The van der Waals surface area contributed by atoms with Crippen LogP contribution in [0.1, 0.15) is 5.56 Å². The minimum atomic E-state index is -4.46. The molecule has 1 aromatic heterocycles. The number of nitrogens with zero attached hydrogens (tertiary/aromatic N) is 4. The predicted octanol–water partition coefficient (Wildman–Crippen LogP) is 4.26. The number of rotatable bonds is 1. The fraction of sp³-hybridized carbons (Fsp3) is 0.125. The molecule has 2 rings (SSSR count). The maximum Gasteiger partial charge on any atom is 0.418 e. The molecule has 0 aliphatic heterocycles. The average molecular weight is 244 g/mol. The summed E-state index contributed by atoms with van der Waals surface area (Å²) >= 11 is 0.747. The van der Waals surface area contributed by atoms with E-state index in [2.05, 4.69) is 14.4 Å². The van der Waals surface area contributed by atoms with E-state index in [1.54, 1.807) is 0 Å². The Morgan fingerprint density at radius 1 is 1.38 bits per heavy atom. The Morgan fingerprint density at radius 2 is 2.12 bits per heavy atom. The van der Waals surface area contributed by atoms with Gasteiger partial charge in [-0.25, -0.2) is 0 Å². The first-order chi connectivity index (χ1) is 7.54. The van der Waals surface area contributed by atoms with E-state index < -0.39 is 11.7 Å². The normalized spacial score (nSPS) is 11.4. The lowest BCUT2D eigenvalue weighted by Gasteiger charge is -2.06. The highest BCUT2D eigenvalue weighted by atomic mass is 32.1. The van der Waals surface area contributed by atoms with Gasteiger partial charge in [0.1, 0.15) is 5.00 Å². The maximum absolute atomic E-state index is 12.6. The Hall–Kier alpha value is -1.79. The zero-order valence-electron chi connectivity index (χ0n) is 7.56. The van der Waals surface area contributed by atoms with E-state index in [9.17, 15) is 13.2 Å². The maximum atomic E-state index is 12.6. The monoisotopic (exact) mass is 244 g/mol. The van der Waals surface area contributed by atoms with Gasteiger partial charge in [0.2, 0.25) is 0 Å². The van der Waals surface area contributed by atoms with Crippen LogP contribution in [-0.4, -0.2) is 4.37 Å². The molecule has 4 nitrogen and oxygen atoms in total. The number of fused-ring (bicyclic) bond motifs is 1. The third-order valence-corrected chi connectivity index (χ3v) is 2.68. The summed E-state index contributed by atoms with van der Waals surface area (Å²) in [7, 11) is 0. The molecule has 0 amide bonds. The van der Waals surface area contributed by atoms with Gasteiger partial charge in [-0.15, -0.1) is 0 Å². The molecule has 16 heavy (non-hydrogen) atoms. The van der Waals surface area contributed by atoms with Crippen molar-refractivity contribution in [3.8, 4) is 0 Å². The smallest absolute Gasteiger partial charge is 0.192 e. The summed E-state index contributed by atoms with van der Waals surface area (Å²) in [5.74, 6) is 0. The van der Waals surface area contributed by atoms with E-state index in [1.807, 2.05) is 0 Å². The zero-order valence-corrected chi connectivity index (χ0v) is 8.38. The van der Waals surface area contributed by atoms with Crippen molar-refractivity contribution in [2.75, 3.05) is 0 Å². The molecule has 82 valence electrons. The van der Waals surface area contributed by atoms with E-state index in [1.165, 1.54) is 12.1 Å². The van der Waals surface area contributed by atoms with Gasteiger partial charge in [-0.3, -0.25) is 0 Å². The average Bonchev–Trinajstić information content (AvgIpc) is 2.61. The highest BCUT2D eigenvalue weighted by molar-refractivity contribution is 7.11. The summed E-state index contributed by atoms with van der Waals surface area (Å²) in [4.78, 5) is 2.53. The Bertz CT molecular complexity index is 582. The summed E-state index contributed by atoms with van der Waals surface area (Å²) < 4.78 is 41.4. The second kappa shape index (κ2) is 3.66. The molecule has 1 heterocycles. The van der Waals surface area contributed by atoms with E-state index in [-0.39, 0.29) is 15.9 Å². The predicted molar refractivity (Wildman–Crippen MR) is 53.4 cm³/mol. The fourth-order valence-electron chi connectivity index (χ4n) is 1.29. The van der Waals surface area contributed by atoms with Crippen molar-refractivity contribution in [2.45, 2.75) is 6.18 Å². The number of halogens is 3. The molecule has 0 fully saturated rings. The van der Waals surface area contributed by atoms with Gasteiger partial charge in [0.25, 0.3) is 0 Å². The molecule has 0 radical (unpaired) electrons. The van der Waals surface area contributed by atoms with Crippen LogP contribution in [-0.2, 0) is 6.18 Å². The molecule has 0 N–H and O–H groups in total. The minimum Gasteiger partial charge on any atom is -0.192 e. The number of azide groups is 1. The molecule has 0 aliphatic rings. The summed E-state index contributed by atoms with van der Waals surface area (Å²) in [5.41, 5.74) is 7.24. The zero-order chi connectivity index (χ0) is 11.8. The first-order valence-electron chi connectivity index (χ1n) is 4.04. The summed E-state index contributed by atoms with van der Waals surface area (Å²) in [5, 5.41) is 3.65. The quantitative estimate of drug-likeness (QED) is 0.420. The Labute approximate surface area is 91.1 Å². The van der Waals surface area contributed by atoms with Crippen LogP contribution in [0, 0.1) is 0 Å². The van der Waals surface area contributed by atoms with E-state index >= 15 is 0 Å². The van der Waals surface area contributed by atoms with Crippen molar-refractivity contribution in [3.05, 3.63) is 34.2 Å². The van der Waals surface area contributed by atoms with Crippen LogP contribution in [0.3, 0.4) is 0 Å².